The average molecular weight is 274 g/mol. The Kier molecular flexibility index (Phi) is 5.28. The van der Waals surface area contributed by atoms with Crippen molar-refractivity contribution < 1.29 is 4.21 Å². The van der Waals surface area contributed by atoms with Gasteiger partial charge in [0, 0.05) is 26.8 Å². The number of nitrogens with two attached hydrogens (primary N) is 1. The van der Waals surface area contributed by atoms with Crippen LogP contribution in [0.1, 0.15) is 44.8 Å². The topological polar surface area (TPSA) is 56.0 Å². The first-order valence-corrected chi connectivity index (χ1v) is 8.13. The zero-order valence-corrected chi connectivity index (χ0v) is 12.7. The van der Waals surface area contributed by atoms with E-state index in [9.17, 15) is 4.21 Å². The van der Waals surface area contributed by atoms with E-state index in [4.69, 9.17) is 5.73 Å². The molecule has 0 aliphatic carbocycles. The summed E-state index contributed by atoms with van der Waals surface area (Å²) < 4.78 is 12.0. The van der Waals surface area contributed by atoms with Gasteiger partial charge in [-0.3, -0.25) is 4.21 Å². The molecule has 0 aliphatic rings. The van der Waals surface area contributed by atoms with Crippen molar-refractivity contribution in [3.63, 3.8) is 0 Å². The number of aromatic nitrogens is 1. The van der Waals surface area contributed by atoms with Crippen molar-refractivity contribution in [2.24, 2.45) is 5.73 Å². The molecule has 0 aromatic carbocycles. The Balaban J connectivity index is 2.64. The van der Waals surface area contributed by atoms with E-state index in [1.165, 1.54) is 0 Å². The standard InChI is InChI=1S/C12H22N2OS2/c1-9(5-6-13)17(15)8-11-14-10(7-16-11)12(2,3)4/h7,9H,5-6,8,13H2,1-4H3. The van der Waals surface area contributed by atoms with Gasteiger partial charge >= 0.3 is 0 Å². The summed E-state index contributed by atoms with van der Waals surface area (Å²) in [7, 11) is -0.861. The molecular weight excluding hydrogens is 252 g/mol. The second kappa shape index (κ2) is 6.07. The van der Waals surface area contributed by atoms with Crippen molar-refractivity contribution in [1.29, 1.82) is 0 Å². The molecule has 0 amide bonds. The minimum Gasteiger partial charge on any atom is -0.330 e. The smallest absolute Gasteiger partial charge is 0.105 e. The summed E-state index contributed by atoms with van der Waals surface area (Å²) in [4.78, 5) is 4.56. The van der Waals surface area contributed by atoms with Crippen LogP contribution in [-0.2, 0) is 22.0 Å². The van der Waals surface area contributed by atoms with Gasteiger partial charge in [0.15, 0.2) is 0 Å². The van der Waals surface area contributed by atoms with E-state index in [0.717, 1.165) is 17.1 Å². The largest absolute Gasteiger partial charge is 0.330 e. The fourth-order valence-corrected chi connectivity index (χ4v) is 3.77. The van der Waals surface area contributed by atoms with Crippen LogP contribution in [0.5, 0.6) is 0 Å². The van der Waals surface area contributed by atoms with E-state index in [2.05, 4.69) is 31.1 Å². The Morgan fingerprint density at radius 3 is 2.65 bits per heavy atom. The van der Waals surface area contributed by atoms with Gasteiger partial charge in [-0.25, -0.2) is 4.98 Å². The Hall–Kier alpha value is -0.260. The third-order valence-corrected chi connectivity index (χ3v) is 5.33. The lowest BCUT2D eigenvalue weighted by molar-refractivity contribution is 0.571. The fraction of sp³-hybridized carbons (Fsp3) is 0.750. The third kappa shape index (κ3) is 4.48. The molecule has 17 heavy (non-hydrogen) atoms. The number of nitrogens with zero attached hydrogens (tertiary/aromatic N) is 1. The first-order chi connectivity index (χ1) is 7.84. The quantitative estimate of drug-likeness (QED) is 0.897. The van der Waals surface area contributed by atoms with E-state index >= 15 is 0 Å². The predicted octanol–water partition coefficient (Wildman–Crippen LogP) is 2.43. The van der Waals surface area contributed by atoms with Crippen molar-refractivity contribution in [2.75, 3.05) is 6.54 Å². The Bertz CT molecular complexity index is 382. The average Bonchev–Trinajstić information content (AvgIpc) is 2.66. The molecule has 2 N–H and O–H groups in total. The van der Waals surface area contributed by atoms with Gasteiger partial charge in [-0.2, -0.15) is 0 Å². The minimum absolute atomic E-state index is 0.0686. The molecule has 0 fully saturated rings. The maximum absolute atomic E-state index is 12.0. The van der Waals surface area contributed by atoms with Crippen LogP contribution in [0.2, 0.25) is 0 Å². The van der Waals surface area contributed by atoms with Crippen LogP contribution in [0.15, 0.2) is 5.38 Å². The van der Waals surface area contributed by atoms with Crippen molar-refractivity contribution in [3.05, 3.63) is 16.1 Å². The van der Waals surface area contributed by atoms with Gasteiger partial charge in [-0.05, 0) is 13.0 Å². The van der Waals surface area contributed by atoms with Gasteiger partial charge in [-0.15, -0.1) is 11.3 Å². The lowest BCUT2D eigenvalue weighted by Crippen LogP contribution is -2.17. The molecule has 2 unspecified atom stereocenters. The number of rotatable bonds is 5. The lowest BCUT2D eigenvalue weighted by Gasteiger charge is -2.14. The summed E-state index contributed by atoms with van der Waals surface area (Å²) in [5.41, 5.74) is 6.63. The van der Waals surface area contributed by atoms with Gasteiger partial charge in [0.05, 0.1) is 11.4 Å². The van der Waals surface area contributed by atoms with Crippen LogP contribution in [0.3, 0.4) is 0 Å². The van der Waals surface area contributed by atoms with Gasteiger partial charge in [0.2, 0.25) is 0 Å². The van der Waals surface area contributed by atoms with E-state index in [1.54, 1.807) is 11.3 Å². The van der Waals surface area contributed by atoms with Crippen LogP contribution >= 0.6 is 11.3 Å². The van der Waals surface area contributed by atoms with Crippen molar-refractivity contribution in [2.45, 2.75) is 50.5 Å². The summed E-state index contributed by atoms with van der Waals surface area (Å²) in [6.07, 6.45) is 0.810. The molecule has 5 heteroatoms. The first kappa shape index (κ1) is 14.8. The van der Waals surface area contributed by atoms with Crippen LogP contribution in [-0.4, -0.2) is 21.0 Å². The summed E-state index contributed by atoms with van der Waals surface area (Å²) in [5, 5.41) is 3.19. The highest BCUT2D eigenvalue weighted by atomic mass is 32.2. The molecule has 98 valence electrons. The molecule has 1 heterocycles. The molecule has 0 saturated carbocycles. The molecule has 1 aromatic rings. The molecule has 0 bridgehead atoms. The summed E-state index contributed by atoms with van der Waals surface area (Å²) in [6.45, 7) is 9.00. The summed E-state index contributed by atoms with van der Waals surface area (Å²) >= 11 is 1.60. The summed E-state index contributed by atoms with van der Waals surface area (Å²) in [5.74, 6) is 0.557. The molecule has 0 spiro atoms. The Morgan fingerprint density at radius 2 is 2.18 bits per heavy atom. The molecule has 1 rings (SSSR count). The Morgan fingerprint density at radius 1 is 1.53 bits per heavy atom. The molecule has 0 saturated heterocycles. The van der Waals surface area contributed by atoms with Gasteiger partial charge in [0.25, 0.3) is 0 Å². The van der Waals surface area contributed by atoms with Gasteiger partial charge in [-0.1, -0.05) is 27.7 Å². The van der Waals surface area contributed by atoms with Crippen LogP contribution in [0, 0.1) is 0 Å². The first-order valence-electron chi connectivity index (χ1n) is 5.86. The SMILES string of the molecule is CC(CCN)S(=O)Cc1nc(C(C)(C)C)cs1. The van der Waals surface area contributed by atoms with E-state index in [-0.39, 0.29) is 10.7 Å². The monoisotopic (exact) mass is 274 g/mol. The number of hydrogen-bond donors (Lipinski definition) is 1. The molecule has 0 radical (unpaired) electrons. The maximum Gasteiger partial charge on any atom is 0.105 e. The third-order valence-electron chi connectivity index (χ3n) is 2.61. The Labute approximate surface area is 110 Å². The summed E-state index contributed by atoms with van der Waals surface area (Å²) in [6, 6.07) is 0. The highest BCUT2D eigenvalue weighted by Crippen LogP contribution is 2.24. The van der Waals surface area contributed by atoms with Gasteiger partial charge in [0.1, 0.15) is 5.01 Å². The van der Waals surface area contributed by atoms with E-state index in [1.807, 2.05) is 6.92 Å². The second-order valence-electron chi connectivity index (χ2n) is 5.29. The second-order valence-corrected chi connectivity index (χ2v) is 8.09. The van der Waals surface area contributed by atoms with E-state index in [0.29, 0.717) is 12.3 Å². The molecule has 1 aromatic heterocycles. The number of hydrogen-bond acceptors (Lipinski definition) is 4. The fourth-order valence-electron chi connectivity index (χ4n) is 1.35. The van der Waals surface area contributed by atoms with Crippen LogP contribution in [0.4, 0.5) is 0 Å². The zero-order chi connectivity index (χ0) is 13.1. The molecule has 0 aliphatic heterocycles. The van der Waals surface area contributed by atoms with Crippen LogP contribution < -0.4 is 5.73 Å². The molecule has 3 nitrogen and oxygen atoms in total. The van der Waals surface area contributed by atoms with Gasteiger partial charge < -0.3 is 5.73 Å². The maximum atomic E-state index is 12.0. The normalized spacial score (nSPS) is 15.8. The molecule has 2 atom stereocenters. The number of thiazole rings is 1. The predicted molar refractivity (Wildman–Crippen MR) is 75.8 cm³/mol. The zero-order valence-electron chi connectivity index (χ0n) is 11.0. The van der Waals surface area contributed by atoms with E-state index < -0.39 is 10.8 Å². The lowest BCUT2D eigenvalue weighted by atomic mass is 9.93. The van der Waals surface area contributed by atoms with Crippen LogP contribution in [0.25, 0.3) is 0 Å². The van der Waals surface area contributed by atoms with Crippen molar-refractivity contribution >= 4 is 22.1 Å². The highest BCUT2D eigenvalue weighted by molar-refractivity contribution is 7.84. The van der Waals surface area contributed by atoms with Crippen molar-refractivity contribution in [1.82, 2.24) is 4.98 Å². The minimum atomic E-state index is -0.861. The molecular formula is C12H22N2OS2. The highest BCUT2D eigenvalue weighted by Gasteiger charge is 2.19. The van der Waals surface area contributed by atoms with Crippen molar-refractivity contribution in [3.8, 4) is 0 Å².